The molecular formula is C10H12ClNO2. The van der Waals surface area contributed by atoms with Gasteiger partial charge in [0, 0.05) is 11.1 Å². The highest BCUT2D eigenvalue weighted by Gasteiger charge is 2.22. The van der Waals surface area contributed by atoms with Gasteiger partial charge in [-0.1, -0.05) is 36.7 Å². The molecule has 0 aliphatic rings. The molecule has 0 spiro atoms. The van der Waals surface area contributed by atoms with Crippen LogP contribution in [0.3, 0.4) is 0 Å². The predicted octanol–water partition coefficient (Wildman–Crippen LogP) is 2.06. The number of carboxylic acid groups (broad SMARTS) is 1. The smallest absolute Gasteiger partial charge is 0.308 e. The molecule has 1 aromatic carbocycles. The molecule has 0 heterocycles. The lowest BCUT2D eigenvalue weighted by Gasteiger charge is -2.17. The van der Waals surface area contributed by atoms with Crippen LogP contribution < -0.4 is 5.73 Å². The van der Waals surface area contributed by atoms with E-state index in [1.54, 1.807) is 31.2 Å². The normalized spacial score (nSPS) is 14.8. The van der Waals surface area contributed by atoms with Crippen molar-refractivity contribution in [2.75, 3.05) is 0 Å². The number of hydrogen-bond donors (Lipinski definition) is 2. The van der Waals surface area contributed by atoms with E-state index in [1.807, 2.05) is 0 Å². The number of nitrogens with two attached hydrogens (primary N) is 1. The Kier molecular flexibility index (Phi) is 3.49. The first-order chi connectivity index (χ1) is 6.54. The Morgan fingerprint density at radius 1 is 1.50 bits per heavy atom. The first-order valence-corrected chi connectivity index (χ1v) is 4.64. The highest BCUT2D eigenvalue weighted by Crippen LogP contribution is 2.26. The number of carboxylic acids is 1. The summed E-state index contributed by atoms with van der Waals surface area (Å²) in [7, 11) is 0. The summed E-state index contributed by atoms with van der Waals surface area (Å²) in [4.78, 5) is 10.7. The van der Waals surface area contributed by atoms with Crippen LogP contribution in [-0.4, -0.2) is 11.1 Å². The SMILES string of the molecule is CC(C(=O)O)C(N)c1ccccc1Cl. The molecule has 2 unspecified atom stereocenters. The summed E-state index contributed by atoms with van der Waals surface area (Å²) in [6.45, 7) is 1.57. The van der Waals surface area contributed by atoms with Gasteiger partial charge in [-0.3, -0.25) is 4.79 Å². The first kappa shape index (κ1) is 11.0. The van der Waals surface area contributed by atoms with E-state index >= 15 is 0 Å². The number of benzene rings is 1. The lowest BCUT2D eigenvalue weighted by Crippen LogP contribution is -2.25. The minimum Gasteiger partial charge on any atom is -0.481 e. The second kappa shape index (κ2) is 4.44. The van der Waals surface area contributed by atoms with Crippen LogP contribution in [0.15, 0.2) is 24.3 Å². The lowest BCUT2D eigenvalue weighted by molar-refractivity contribution is -0.141. The van der Waals surface area contributed by atoms with Crippen molar-refractivity contribution in [3.05, 3.63) is 34.9 Å². The van der Waals surface area contributed by atoms with E-state index in [4.69, 9.17) is 22.4 Å². The Bertz CT molecular complexity index is 341. The zero-order valence-corrected chi connectivity index (χ0v) is 8.53. The van der Waals surface area contributed by atoms with Crippen LogP contribution in [0.4, 0.5) is 0 Å². The fourth-order valence-electron chi connectivity index (χ4n) is 1.17. The molecule has 0 aromatic heterocycles. The first-order valence-electron chi connectivity index (χ1n) is 4.27. The van der Waals surface area contributed by atoms with Crippen LogP contribution in [0.2, 0.25) is 5.02 Å². The maximum atomic E-state index is 10.7. The molecule has 0 saturated heterocycles. The quantitative estimate of drug-likeness (QED) is 0.808. The van der Waals surface area contributed by atoms with Crippen molar-refractivity contribution >= 4 is 17.6 Å². The van der Waals surface area contributed by atoms with E-state index in [1.165, 1.54) is 0 Å². The van der Waals surface area contributed by atoms with Crippen LogP contribution >= 0.6 is 11.6 Å². The molecule has 0 fully saturated rings. The number of rotatable bonds is 3. The molecular weight excluding hydrogens is 202 g/mol. The van der Waals surface area contributed by atoms with Gasteiger partial charge in [0.15, 0.2) is 0 Å². The van der Waals surface area contributed by atoms with Crippen LogP contribution in [0.1, 0.15) is 18.5 Å². The van der Waals surface area contributed by atoms with Crippen LogP contribution in [-0.2, 0) is 4.79 Å². The second-order valence-corrected chi connectivity index (χ2v) is 3.58. The van der Waals surface area contributed by atoms with Crippen molar-refractivity contribution in [1.29, 1.82) is 0 Å². The summed E-state index contributed by atoms with van der Waals surface area (Å²) in [6, 6.07) is 6.44. The fourth-order valence-corrected chi connectivity index (χ4v) is 1.43. The van der Waals surface area contributed by atoms with Crippen molar-refractivity contribution < 1.29 is 9.90 Å². The number of hydrogen-bond acceptors (Lipinski definition) is 2. The van der Waals surface area contributed by atoms with Crippen LogP contribution in [0.25, 0.3) is 0 Å². The molecule has 0 radical (unpaired) electrons. The van der Waals surface area contributed by atoms with Gasteiger partial charge in [-0.25, -0.2) is 0 Å². The monoisotopic (exact) mass is 213 g/mol. The van der Waals surface area contributed by atoms with Gasteiger partial charge in [-0.2, -0.15) is 0 Å². The minimum absolute atomic E-state index is 0.508. The number of aliphatic carboxylic acids is 1. The third-order valence-electron chi connectivity index (χ3n) is 2.19. The van der Waals surface area contributed by atoms with Gasteiger partial charge in [0.1, 0.15) is 0 Å². The Labute approximate surface area is 87.5 Å². The average molecular weight is 214 g/mol. The molecule has 3 N–H and O–H groups in total. The molecule has 76 valence electrons. The van der Waals surface area contributed by atoms with Gasteiger partial charge in [0.25, 0.3) is 0 Å². The Morgan fingerprint density at radius 3 is 2.57 bits per heavy atom. The van der Waals surface area contributed by atoms with Gasteiger partial charge in [-0.15, -0.1) is 0 Å². The highest BCUT2D eigenvalue weighted by atomic mass is 35.5. The van der Waals surface area contributed by atoms with E-state index in [0.717, 1.165) is 0 Å². The average Bonchev–Trinajstić information content (AvgIpc) is 2.16. The van der Waals surface area contributed by atoms with Crippen LogP contribution in [0, 0.1) is 5.92 Å². The largest absolute Gasteiger partial charge is 0.481 e. The highest BCUT2D eigenvalue weighted by molar-refractivity contribution is 6.31. The Balaban J connectivity index is 2.94. The van der Waals surface area contributed by atoms with E-state index < -0.39 is 17.9 Å². The van der Waals surface area contributed by atoms with E-state index in [9.17, 15) is 4.79 Å². The van der Waals surface area contributed by atoms with Gasteiger partial charge in [-0.05, 0) is 11.6 Å². The third kappa shape index (κ3) is 2.25. The molecule has 1 aromatic rings. The van der Waals surface area contributed by atoms with Crippen molar-refractivity contribution in [1.82, 2.24) is 0 Å². The van der Waals surface area contributed by atoms with Crippen molar-refractivity contribution in [2.24, 2.45) is 11.7 Å². The number of halogens is 1. The van der Waals surface area contributed by atoms with Crippen molar-refractivity contribution in [2.45, 2.75) is 13.0 Å². The Hall–Kier alpha value is -1.06. The summed E-state index contributed by atoms with van der Waals surface area (Å²) in [5.41, 5.74) is 6.45. The molecule has 14 heavy (non-hydrogen) atoms. The molecule has 0 amide bonds. The zero-order valence-electron chi connectivity index (χ0n) is 7.77. The topological polar surface area (TPSA) is 63.3 Å². The lowest BCUT2D eigenvalue weighted by atomic mass is 9.95. The van der Waals surface area contributed by atoms with Gasteiger partial charge < -0.3 is 10.8 Å². The predicted molar refractivity (Wildman–Crippen MR) is 55.2 cm³/mol. The standard InChI is InChI=1S/C10H12ClNO2/c1-6(10(13)14)9(12)7-4-2-3-5-8(7)11/h2-6,9H,12H2,1H3,(H,13,14). The molecule has 0 bridgehead atoms. The molecule has 0 saturated carbocycles. The molecule has 1 rings (SSSR count). The minimum atomic E-state index is -0.919. The molecule has 2 atom stereocenters. The molecule has 4 heteroatoms. The van der Waals surface area contributed by atoms with Gasteiger partial charge in [0.2, 0.25) is 0 Å². The molecule has 0 aliphatic carbocycles. The zero-order chi connectivity index (χ0) is 10.7. The molecule has 3 nitrogen and oxygen atoms in total. The van der Waals surface area contributed by atoms with Crippen molar-refractivity contribution in [3.63, 3.8) is 0 Å². The summed E-state index contributed by atoms with van der Waals surface area (Å²) in [5.74, 6) is -1.56. The van der Waals surface area contributed by atoms with E-state index in [-0.39, 0.29) is 0 Å². The summed E-state index contributed by atoms with van der Waals surface area (Å²) in [6.07, 6.45) is 0. The van der Waals surface area contributed by atoms with E-state index in [0.29, 0.717) is 10.6 Å². The maximum absolute atomic E-state index is 10.7. The maximum Gasteiger partial charge on any atom is 0.308 e. The summed E-state index contributed by atoms with van der Waals surface area (Å²) >= 11 is 5.89. The summed E-state index contributed by atoms with van der Waals surface area (Å²) < 4.78 is 0. The van der Waals surface area contributed by atoms with Crippen LogP contribution in [0.5, 0.6) is 0 Å². The van der Waals surface area contributed by atoms with Crippen molar-refractivity contribution in [3.8, 4) is 0 Å². The van der Waals surface area contributed by atoms with Gasteiger partial charge >= 0.3 is 5.97 Å². The van der Waals surface area contributed by atoms with E-state index in [2.05, 4.69) is 0 Å². The Morgan fingerprint density at radius 2 is 2.07 bits per heavy atom. The number of carbonyl (C=O) groups is 1. The second-order valence-electron chi connectivity index (χ2n) is 3.17. The third-order valence-corrected chi connectivity index (χ3v) is 2.54. The van der Waals surface area contributed by atoms with Gasteiger partial charge in [0.05, 0.1) is 5.92 Å². The summed E-state index contributed by atoms with van der Waals surface area (Å²) in [5, 5.41) is 9.29. The fraction of sp³-hybridized carbons (Fsp3) is 0.300. The molecule has 0 aliphatic heterocycles.